The second-order valence-corrected chi connectivity index (χ2v) is 9.41. The van der Waals surface area contributed by atoms with E-state index in [0.29, 0.717) is 91.5 Å². The Labute approximate surface area is 231 Å². The SMILES string of the molecule is C=C(C)C(=O)OCCOCCOCCOCCOCCOCCOCCOCCOS(=O)(=O)c1ccccc1. The fourth-order valence-electron chi connectivity index (χ4n) is 2.60. The summed E-state index contributed by atoms with van der Waals surface area (Å²) in [6.45, 7) is 10.8. The van der Waals surface area contributed by atoms with Crippen molar-refractivity contribution in [2.45, 2.75) is 11.8 Å². The first-order chi connectivity index (χ1) is 18.9. The minimum absolute atomic E-state index is 0.0619. The van der Waals surface area contributed by atoms with Gasteiger partial charge in [0.05, 0.1) is 104 Å². The summed E-state index contributed by atoms with van der Waals surface area (Å²) < 4.78 is 71.2. The Balaban J connectivity index is 1.72. The van der Waals surface area contributed by atoms with Gasteiger partial charge in [-0.05, 0) is 19.1 Å². The zero-order valence-corrected chi connectivity index (χ0v) is 23.5. The highest BCUT2D eigenvalue weighted by atomic mass is 32.2. The summed E-state index contributed by atoms with van der Waals surface area (Å²) in [5, 5.41) is 0. The highest BCUT2D eigenvalue weighted by Crippen LogP contribution is 2.10. The first-order valence-corrected chi connectivity index (χ1v) is 14.2. The van der Waals surface area contributed by atoms with Crippen LogP contribution in [-0.2, 0) is 57.0 Å². The highest BCUT2D eigenvalue weighted by Gasteiger charge is 2.13. The summed E-state index contributed by atoms with van der Waals surface area (Å²) in [5.41, 5.74) is 0.362. The van der Waals surface area contributed by atoms with E-state index < -0.39 is 16.1 Å². The molecule has 0 spiro atoms. The number of carbonyl (C=O) groups is 1. The lowest BCUT2D eigenvalue weighted by Crippen LogP contribution is -2.16. The Bertz CT molecular complexity index is 848. The maximum absolute atomic E-state index is 11.9. The molecular weight excluding hydrogens is 536 g/mol. The van der Waals surface area contributed by atoms with Crippen LogP contribution in [0.4, 0.5) is 0 Å². The molecule has 0 amide bonds. The molecule has 0 aliphatic carbocycles. The molecule has 0 unspecified atom stereocenters. The summed E-state index contributed by atoms with van der Waals surface area (Å²) in [4.78, 5) is 11.3. The van der Waals surface area contributed by atoms with Crippen LogP contribution in [0, 0.1) is 0 Å². The van der Waals surface area contributed by atoms with Crippen molar-refractivity contribution in [3.63, 3.8) is 0 Å². The third-order valence-electron chi connectivity index (χ3n) is 4.54. The average molecular weight is 579 g/mol. The third kappa shape index (κ3) is 20.6. The molecule has 39 heavy (non-hydrogen) atoms. The Morgan fingerprint density at radius 3 is 1.28 bits per heavy atom. The number of esters is 1. The molecule has 224 valence electrons. The number of hydrogen-bond donors (Lipinski definition) is 0. The van der Waals surface area contributed by atoms with E-state index in [1.54, 1.807) is 25.1 Å². The van der Waals surface area contributed by atoms with Gasteiger partial charge in [0.15, 0.2) is 0 Å². The Morgan fingerprint density at radius 2 is 0.923 bits per heavy atom. The van der Waals surface area contributed by atoms with Gasteiger partial charge in [0.25, 0.3) is 10.1 Å². The second-order valence-electron chi connectivity index (χ2n) is 7.79. The van der Waals surface area contributed by atoms with Gasteiger partial charge < -0.3 is 37.9 Å². The van der Waals surface area contributed by atoms with Crippen molar-refractivity contribution < 1.29 is 55.3 Å². The molecule has 0 heterocycles. The average Bonchev–Trinajstić information content (AvgIpc) is 2.93. The maximum atomic E-state index is 11.9. The van der Waals surface area contributed by atoms with Crippen LogP contribution in [0.3, 0.4) is 0 Å². The topological polar surface area (TPSA) is 134 Å². The van der Waals surface area contributed by atoms with Crippen LogP contribution in [0.1, 0.15) is 6.92 Å². The largest absolute Gasteiger partial charge is 0.460 e. The van der Waals surface area contributed by atoms with E-state index >= 15 is 0 Å². The number of carbonyl (C=O) groups excluding carboxylic acids is 1. The van der Waals surface area contributed by atoms with E-state index in [1.165, 1.54) is 12.1 Å². The molecule has 0 radical (unpaired) electrons. The minimum atomic E-state index is -3.76. The van der Waals surface area contributed by atoms with Gasteiger partial charge >= 0.3 is 5.97 Å². The molecule has 0 bridgehead atoms. The maximum Gasteiger partial charge on any atom is 0.333 e. The van der Waals surface area contributed by atoms with Gasteiger partial charge in [-0.3, -0.25) is 4.18 Å². The van der Waals surface area contributed by atoms with Gasteiger partial charge in [-0.1, -0.05) is 24.8 Å². The van der Waals surface area contributed by atoms with Gasteiger partial charge in [-0.25, -0.2) is 4.79 Å². The number of hydrogen-bond acceptors (Lipinski definition) is 12. The van der Waals surface area contributed by atoms with E-state index in [9.17, 15) is 13.2 Å². The zero-order valence-electron chi connectivity index (χ0n) is 22.7. The molecule has 0 aromatic heterocycles. The molecule has 0 aliphatic rings. The lowest BCUT2D eigenvalue weighted by Gasteiger charge is -2.09. The fourth-order valence-corrected chi connectivity index (χ4v) is 3.51. The van der Waals surface area contributed by atoms with Crippen molar-refractivity contribution in [1.82, 2.24) is 0 Å². The van der Waals surface area contributed by atoms with E-state index in [4.69, 9.17) is 42.1 Å². The normalized spacial score (nSPS) is 11.5. The summed E-state index contributed by atoms with van der Waals surface area (Å²) in [5.74, 6) is -0.422. The molecule has 0 fully saturated rings. The van der Waals surface area contributed by atoms with Crippen LogP contribution in [-0.4, -0.2) is 120 Å². The molecule has 12 nitrogen and oxygen atoms in total. The fraction of sp³-hybridized carbons (Fsp3) is 0.654. The van der Waals surface area contributed by atoms with E-state index in [0.717, 1.165) is 0 Å². The molecule has 0 atom stereocenters. The van der Waals surface area contributed by atoms with Gasteiger partial charge in [-0.2, -0.15) is 8.42 Å². The van der Waals surface area contributed by atoms with Crippen LogP contribution in [0.2, 0.25) is 0 Å². The minimum Gasteiger partial charge on any atom is -0.460 e. The van der Waals surface area contributed by atoms with Gasteiger partial charge in [0, 0.05) is 5.57 Å². The monoisotopic (exact) mass is 578 g/mol. The van der Waals surface area contributed by atoms with Crippen molar-refractivity contribution in [3.8, 4) is 0 Å². The molecule has 1 rings (SSSR count). The van der Waals surface area contributed by atoms with Crippen LogP contribution in [0.5, 0.6) is 0 Å². The van der Waals surface area contributed by atoms with E-state index in [-0.39, 0.29) is 24.7 Å². The zero-order chi connectivity index (χ0) is 28.4. The molecule has 1 aromatic carbocycles. The van der Waals surface area contributed by atoms with Crippen molar-refractivity contribution in [1.29, 1.82) is 0 Å². The van der Waals surface area contributed by atoms with Gasteiger partial charge in [0.2, 0.25) is 0 Å². The third-order valence-corrected chi connectivity index (χ3v) is 5.87. The summed E-state index contributed by atoms with van der Waals surface area (Å²) in [6, 6.07) is 7.95. The summed E-state index contributed by atoms with van der Waals surface area (Å²) in [7, 11) is -3.76. The van der Waals surface area contributed by atoms with Crippen LogP contribution in [0.25, 0.3) is 0 Å². The van der Waals surface area contributed by atoms with Crippen LogP contribution >= 0.6 is 0 Å². The smallest absolute Gasteiger partial charge is 0.333 e. The quantitative estimate of drug-likeness (QED) is 0.0650. The lowest BCUT2D eigenvalue weighted by molar-refractivity contribution is -0.140. The standard InChI is InChI=1S/C26H42O12S/c1-24(2)26(27)37-22-20-35-18-16-33-14-12-31-10-8-30-9-11-32-13-15-34-17-19-36-21-23-38-39(28,29)25-6-4-3-5-7-25/h3-7H,1,8-23H2,2H3. The predicted octanol–water partition coefficient (Wildman–Crippen LogP) is 1.63. The highest BCUT2D eigenvalue weighted by molar-refractivity contribution is 7.86. The summed E-state index contributed by atoms with van der Waals surface area (Å²) >= 11 is 0. The summed E-state index contributed by atoms with van der Waals surface area (Å²) in [6.07, 6.45) is 0. The first kappa shape index (κ1) is 35.1. The van der Waals surface area contributed by atoms with Gasteiger partial charge in [-0.15, -0.1) is 0 Å². The lowest BCUT2D eigenvalue weighted by atomic mass is 10.4. The van der Waals surface area contributed by atoms with Crippen LogP contribution in [0.15, 0.2) is 47.4 Å². The molecule has 0 saturated carbocycles. The molecule has 13 heteroatoms. The number of rotatable bonds is 27. The molecular formula is C26H42O12S. The van der Waals surface area contributed by atoms with Crippen molar-refractivity contribution in [3.05, 3.63) is 42.5 Å². The van der Waals surface area contributed by atoms with Crippen LogP contribution < -0.4 is 0 Å². The van der Waals surface area contributed by atoms with E-state index in [2.05, 4.69) is 6.58 Å². The molecule has 0 saturated heterocycles. The first-order valence-electron chi connectivity index (χ1n) is 12.7. The van der Waals surface area contributed by atoms with Crippen molar-refractivity contribution in [2.75, 3.05) is 106 Å². The second kappa shape index (κ2) is 23.9. The van der Waals surface area contributed by atoms with Gasteiger partial charge in [0.1, 0.15) is 6.61 Å². The van der Waals surface area contributed by atoms with Crippen molar-refractivity contribution in [2.24, 2.45) is 0 Å². The Hall–Kier alpha value is -1.94. The number of ether oxygens (including phenoxy) is 8. The predicted molar refractivity (Wildman–Crippen MR) is 141 cm³/mol. The Morgan fingerprint density at radius 1 is 0.590 bits per heavy atom. The van der Waals surface area contributed by atoms with E-state index in [1.807, 2.05) is 0 Å². The van der Waals surface area contributed by atoms with Crippen molar-refractivity contribution >= 4 is 16.1 Å². The molecule has 0 aliphatic heterocycles. The molecule has 0 N–H and O–H groups in total. The Kier molecular flexibility index (Phi) is 21.5. The molecule has 1 aromatic rings. The number of benzene rings is 1.